The van der Waals surface area contributed by atoms with Crippen molar-refractivity contribution in [1.82, 2.24) is 0 Å². The molecule has 0 aromatic rings. The highest BCUT2D eigenvalue weighted by molar-refractivity contribution is 5.88. The first-order valence-corrected chi connectivity index (χ1v) is 8.10. The van der Waals surface area contributed by atoms with Crippen LogP contribution in [0.2, 0.25) is 0 Å². The van der Waals surface area contributed by atoms with Crippen LogP contribution >= 0.6 is 0 Å². The van der Waals surface area contributed by atoms with Gasteiger partial charge in [0.15, 0.2) is 0 Å². The lowest BCUT2D eigenvalue weighted by atomic mass is 9.33. The number of hydrogen-bond acceptors (Lipinski definition) is 0. The second kappa shape index (κ2) is 3.19. The van der Waals surface area contributed by atoms with Crippen molar-refractivity contribution in [3.8, 4) is 0 Å². The Balaban J connectivity index is 1.63. The van der Waals surface area contributed by atoms with Crippen LogP contribution in [0.5, 0.6) is 0 Å². The van der Waals surface area contributed by atoms with Crippen molar-refractivity contribution in [3.05, 3.63) is 69.9 Å². The van der Waals surface area contributed by atoms with Crippen LogP contribution in [0.1, 0.15) is 39.5 Å². The van der Waals surface area contributed by atoms with E-state index in [-0.39, 0.29) is 10.8 Å². The molecule has 0 bridgehead atoms. The Bertz CT molecular complexity index is 668. The van der Waals surface area contributed by atoms with E-state index in [4.69, 9.17) is 0 Å². The van der Waals surface area contributed by atoms with Crippen LogP contribution in [0.25, 0.3) is 0 Å². The molecular formula is C20H20. The maximum atomic E-state index is 2.59. The van der Waals surface area contributed by atoms with Gasteiger partial charge in [-0.2, -0.15) is 0 Å². The molecule has 0 saturated heterocycles. The van der Waals surface area contributed by atoms with Crippen molar-refractivity contribution in [2.45, 2.75) is 39.5 Å². The molecule has 5 aliphatic rings. The minimum Gasteiger partial charge on any atom is -0.0651 e. The Labute approximate surface area is 121 Å². The zero-order chi connectivity index (χ0) is 13.5. The normalized spacial score (nSPS) is 37.5. The monoisotopic (exact) mass is 260 g/mol. The van der Waals surface area contributed by atoms with Gasteiger partial charge >= 0.3 is 0 Å². The highest BCUT2D eigenvalue weighted by Gasteiger charge is 2.74. The van der Waals surface area contributed by atoms with E-state index in [2.05, 4.69) is 50.3 Å². The summed E-state index contributed by atoms with van der Waals surface area (Å²) < 4.78 is 0. The van der Waals surface area contributed by atoms with Crippen LogP contribution in [-0.4, -0.2) is 0 Å². The second-order valence-corrected chi connectivity index (χ2v) is 6.78. The number of allylic oxidation sites excluding steroid dienone is 12. The average Bonchev–Trinajstić information content (AvgIpc) is 2.81. The summed E-state index contributed by atoms with van der Waals surface area (Å²) >= 11 is 0. The summed E-state index contributed by atoms with van der Waals surface area (Å²) in [4.78, 5) is 0. The average molecular weight is 260 g/mol. The predicted molar refractivity (Wildman–Crippen MR) is 83.2 cm³/mol. The minimum atomic E-state index is 0.267. The Kier molecular flexibility index (Phi) is 1.78. The van der Waals surface area contributed by atoms with Crippen LogP contribution < -0.4 is 0 Å². The maximum Gasteiger partial charge on any atom is 0.0566 e. The van der Waals surface area contributed by atoms with E-state index in [1.54, 1.807) is 33.4 Å². The molecule has 100 valence electrons. The van der Waals surface area contributed by atoms with Gasteiger partial charge in [0, 0.05) is 0 Å². The summed E-state index contributed by atoms with van der Waals surface area (Å²) in [5.74, 6) is 0. The fourth-order valence-corrected chi connectivity index (χ4v) is 5.28. The van der Waals surface area contributed by atoms with Gasteiger partial charge in [-0.25, -0.2) is 0 Å². The second-order valence-electron chi connectivity index (χ2n) is 6.78. The van der Waals surface area contributed by atoms with Crippen molar-refractivity contribution in [1.29, 1.82) is 0 Å². The quantitative estimate of drug-likeness (QED) is 0.653. The number of fused-ring (bicyclic) bond motifs is 1. The minimum absolute atomic E-state index is 0.267. The molecule has 0 aromatic heterocycles. The molecule has 20 heavy (non-hydrogen) atoms. The molecule has 0 N–H and O–H groups in total. The summed E-state index contributed by atoms with van der Waals surface area (Å²) in [6.45, 7) is 4.56. The van der Waals surface area contributed by atoms with Crippen molar-refractivity contribution in [2.75, 3.05) is 0 Å². The van der Waals surface area contributed by atoms with Gasteiger partial charge in [0.1, 0.15) is 0 Å². The van der Waals surface area contributed by atoms with Gasteiger partial charge in [-0.05, 0) is 46.3 Å². The predicted octanol–water partition coefficient (Wildman–Crippen LogP) is 5.19. The van der Waals surface area contributed by atoms with E-state index in [0.29, 0.717) is 0 Å². The SMILES string of the molecule is CCCC1=CC23C1=CC=C2C1=CC=C2C(CCC)=CC213. The van der Waals surface area contributed by atoms with Crippen molar-refractivity contribution < 1.29 is 0 Å². The van der Waals surface area contributed by atoms with E-state index < -0.39 is 0 Å². The molecule has 0 aliphatic heterocycles. The van der Waals surface area contributed by atoms with Gasteiger partial charge in [-0.3, -0.25) is 0 Å². The van der Waals surface area contributed by atoms with Gasteiger partial charge in [0.05, 0.1) is 10.8 Å². The van der Waals surface area contributed by atoms with E-state index in [9.17, 15) is 0 Å². The van der Waals surface area contributed by atoms with Gasteiger partial charge in [0.25, 0.3) is 0 Å². The Morgan fingerprint density at radius 1 is 0.650 bits per heavy atom. The van der Waals surface area contributed by atoms with Gasteiger partial charge in [-0.1, -0.05) is 63.1 Å². The molecule has 2 spiro atoms. The van der Waals surface area contributed by atoms with Crippen molar-refractivity contribution in [2.24, 2.45) is 10.8 Å². The molecule has 0 aromatic carbocycles. The fraction of sp³-hybridized carbons (Fsp3) is 0.400. The molecule has 1 fully saturated rings. The molecule has 0 heteroatoms. The topological polar surface area (TPSA) is 0 Å². The molecule has 5 rings (SSSR count). The molecule has 1 saturated carbocycles. The maximum absolute atomic E-state index is 2.59. The third-order valence-corrected chi connectivity index (χ3v) is 5.96. The molecule has 5 aliphatic carbocycles. The van der Waals surface area contributed by atoms with Crippen LogP contribution in [0.15, 0.2) is 69.9 Å². The summed E-state index contributed by atoms with van der Waals surface area (Å²) in [7, 11) is 0. The zero-order valence-corrected chi connectivity index (χ0v) is 12.3. The van der Waals surface area contributed by atoms with Crippen LogP contribution in [0.3, 0.4) is 0 Å². The highest BCUT2D eigenvalue weighted by Crippen LogP contribution is 2.83. The highest BCUT2D eigenvalue weighted by atomic mass is 14.8. The first-order chi connectivity index (χ1) is 9.79. The molecule has 0 heterocycles. The third-order valence-electron chi connectivity index (χ3n) is 5.96. The van der Waals surface area contributed by atoms with Crippen molar-refractivity contribution >= 4 is 0 Å². The smallest absolute Gasteiger partial charge is 0.0566 e. The van der Waals surface area contributed by atoms with E-state index in [1.165, 1.54) is 25.7 Å². The first kappa shape index (κ1) is 11.1. The number of hydrogen-bond donors (Lipinski definition) is 0. The molecule has 0 nitrogen and oxygen atoms in total. The van der Waals surface area contributed by atoms with E-state index >= 15 is 0 Å². The van der Waals surface area contributed by atoms with E-state index in [0.717, 1.165) is 0 Å². The standard InChI is InChI=1S/C20H20/c1-3-5-13-11-19-15(13)7-9-17(19)18-10-8-16-14(6-4-2)12-20(16,18)19/h7-12H,3-6H2,1-2H3. The van der Waals surface area contributed by atoms with Gasteiger partial charge in [-0.15, -0.1) is 0 Å². The molecule has 2 unspecified atom stereocenters. The first-order valence-electron chi connectivity index (χ1n) is 8.10. The Morgan fingerprint density at radius 3 is 1.45 bits per heavy atom. The van der Waals surface area contributed by atoms with Crippen molar-refractivity contribution in [3.63, 3.8) is 0 Å². The lowest BCUT2D eigenvalue weighted by Gasteiger charge is -2.67. The lowest BCUT2D eigenvalue weighted by molar-refractivity contribution is 0.228. The van der Waals surface area contributed by atoms with Gasteiger partial charge < -0.3 is 0 Å². The van der Waals surface area contributed by atoms with Crippen LogP contribution in [0.4, 0.5) is 0 Å². The lowest BCUT2D eigenvalue weighted by Crippen LogP contribution is -2.59. The van der Waals surface area contributed by atoms with Crippen LogP contribution in [-0.2, 0) is 0 Å². The Morgan fingerprint density at radius 2 is 1.05 bits per heavy atom. The van der Waals surface area contributed by atoms with Gasteiger partial charge in [0.2, 0.25) is 0 Å². The molecule has 0 radical (unpaired) electrons. The Hall–Kier alpha value is -1.56. The summed E-state index contributed by atoms with van der Waals surface area (Å²) in [6, 6.07) is 0. The van der Waals surface area contributed by atoms with E-state index in [1.807, 2.05) is 0 Å². The molecule has 2 atom stereocenters. The summed E-state index contributed by atoms with van der Waals surface area (Å²) in [5.41, 5.74) is 10.2. The zero-order valence-electron chi connectivity index (χ0n) is 12.3. The summed E-state index contributed by atoms with van der Waals surface area (Å²) in [6.07, 6.45) is 19.8. The van der Waals surface area contributed by atoms with Crippen LogP contribution in [0, 0.1) is 10.8 Å². The summed E-state index contributed by atoms with van der Waals surface area (Å²) in [5, 5.41) is 0. The molecule has 0 amide bonds. The molecular weight excluding hydrogens is 240 g/mol. The third kappa shape index (κ3) is 0.813. The number of rotatable bonds is 4. The fourth-order valence-electron chi connectivity index (χ4n) is 5.28. The largest absolute Gasteiger partial charge is 0.0651 e.